The van der Waals surface area contributed by atoms with Crippen LogP contribution in [0.3, 0.4) is 0 Å². The molecular weight excluding hydrogens is 212 g/mol. The van der Waals surface area contributed by atoms with Crippen LogP contribution >= 0.6 is 0 Å². The first-order valence-electron chi connectivity index (χ1n) is 7.21. The molecule has 0 unspecified atom stereocenters. The molecule has 0 aromatic carbocycles. The summed E-state index contributed by atoms with van der Waals surface area (Å²) in [6.45, 7) is 5.02. The Bertz CT molecular complexity index is 254. The van der Waals surface area contributed by atoms with Crippen molar-refractivity contribution >= 4 is 5.78 Å². The molecule has 2 saturated carbocycles. The number of ketones is 1. The molecule has 0 atom stereocenters. The van der Waals surface area contributed by atoms with Crippen molar-refractivity contribution < 1.29 is 9.53 Å². The minimum Gasteiger partial charge on any atom is -0.370 e. The molecule has 0 bridgehead atoms. The first-order valence-corrected chi connectivity index (χ1v) is 7.21. The Morgan fingerprint density at radius 2 is 1.71 bits per heavy atom. The van der Waals surface area contributed by atoms with Crippen LogP contribution in [0.15, 0.2) is 0 Å². The van der Waals surface area contributed by atoms with Crippen molar-refractivity contribution in [1.82, 2.24) is 0 Å². The highest BCUT2D eigenvalue weighted by atomic mass is 16.5. The van der Waals surface area contributed by atoms with Gasteiger partial charge < -0.3 is 4.74 Å². The molecule has 17 heavy (non-hydrogen) atoms. The van der Waals surface area contributed by atoms with Gasteiger partial charge in [-0.2, -0.15) is 0 Å². The molecule has 2 aliphatic rings. The van der Waals surface area contributed by atoms with Gasteiger partial charge in [-0.15, -0.1) is 0 Å². The quantitative estimate of drug-likeness (QED) is 0.746. The summed E-state index contributed by atoms with van der Waals surface area (Å²) in [4.78, 5) is 11.9. The zero-order valence-corrected chi connectivity index (χ0v) is 11.3. The van der Waals surface area contributed by atoms with E-state index < -0.39 is 0 Å². The van der Waals surface area contributed by atoms with Crippen molar-refractivity contribution in [1.29, 1.82) is 0 Å². The van der Waals surface area contributed by atoms with Gasteiger partial charge in [0.15, 0.2) is 5.78 Å². The highest BCUT2D eigenvalue weighted by Gasteiger charge is 2.28. The second-order valence-electron chi connectivity index (χ2n) is 6.62. The average molecular weight is 238 g/mol. The maximum atomic E-state index is 11.9. The normalized spacial score (nSPS) is 26.2. The third kappa shape index (κ3) is 3.80. The van der Waals surface area contributed by atoms with Crippen molar-refractivity contribution in [3.63, 3.8) is 0 Å². The SMILES string of the molecule is CC1(C)CCC(OCC(=O)C2CCCC2)CC1. The minimum atomic E-state index is 0.315. The highest BCUT2D eigenvalue weighted by molar-refractivity contribution is 5.82. The van der Waals surface area contributed by atoms with Crippen LogP contribution in [0.5, 0.6) is 0 Å². The van der Waals surface area contributed by atoms with E-state index >= 15 is 0 Å². The summed E-state index contributed by atoms with van der Waals surface area (Å²) in [7, 11) is 0. The Morgan fingerprint density at radius 1 is 1.12 bits per heavy atom. The predicted octanol–water partition coefficient (Wildman–Crippen LogP) is 3.73. The molecule has 0 amide bonds. The molecule has 0 N–H and O–H groups in total. The molecule has 0 radical (unpaired) electrons. The van der Waals surface area contributed by atoms with Gasteiger partial charge in [-0.1, -0.05) is 26.7 Å². The van der Waals surface area contributed by atoms with Gasteiger partial charge in [-0.3, -0.25) is 4.79 Å². The molecule has 2 nitrogen and oxygen atoms in total. The average Bonchev–Trinajstić information content (AvgIpc) is 2.80. The second kappa shape index (κ2) is 5.51. The Balaban J connectivity index is 1.67. The number of hydrogen-bond acceptors (Lipinski definition) is 2. The van der Waals surface area contributed by atoms with Crippen molar-refractivity contribution in [3.8, 4) is 0 Å². The van der Waals surface area contributed by atoms with E-state index in [4.69, 9.17) is 4.74 Å². The summed E-state index contributed by atoms with van der Waals surface area (Å²) in [5.74, 6) is 0.669. The molecule has 2 aliphatic carbocycles. The van der Waals surface area contributed by atoms with Crippen molar-refractivity contribution in [2.75, 3.05) is 6.61 Å². The number of carbonyl (C=O) groups is 1. The van der Waals surface area contributed by atoms with Gasteiger partial charge in [0.2, 0.25) is 0 Å². The first-order chi connectivity index (χ1) is 8.07. The predicted molar refractivity (Wildman–Crippen MR) is 69.0 cm³/mol. The molecular formula is C15H26O2. The van der Waals surface area contributed by atoms with Gasteiger partial charge in [0.25, 0.3) is 0 Å². The lowest BCUT2D eigenvalue weighted by atomic mass is 9.76. The molecule has 0 aromatic rings. The molecule has 0 saturated heterocycles. The Labute approximate surface area is 105 Å². The Kier molecular flexibility index (Phi) is 4.24. The van der Waals surface area contributed by atoms with E-state index in [1.165, 1.54) is 25.7 Å². The first kappa shape index (κ1) is 13.1. The van der Waals surface area contributed by atoms with Crippen molar-refractivity contribution in [2.45, 2.75) is 71.3 Å². The second-order valence-corrected chi connectivity index (χ2v) is 6.62. The van der Waals surface area contributed by atoms with E-state index in [0.717, 1.165) is 25.7 Å². The van der Waals surface area contributed by atoms with Crippen LogP contribution in [0.25, 0.3) is 0 Å². The number of ether oxygens (including phenoxy) is 1. The molecule has 0 aliphatic heterocycles. The van der Waals surface area contributed by atoms with Crippen LogP contribution < -0.4 is 0 Å². The Morgan fingerprint density at radius 3 is 2.29 bits per heavy atom. The van der Waals surface area contributed by atoms with E-state index in [1.807, 2.05) is 0 Å². The lowest BCUT2D eigenvalue weighted by molar-refractivity contribution is -0.130. The van der Waals surface area contributed by atoms with E-state index in [0.29, 0.717) is 29.8 Å². The van der Waals surface area contributed by atoms with Gasteiger partial charge >= 0.3 is 0 Å². The monoisotopic (exact) mass is 238 g/mol. The number of hydrogen-bond donors (Lipinski definition) is 0. The molecule has 0 aromatic heterocycles. The number of carbonyl (C=O) groups excluding carboxylic acids is 1. The van der Waals surface area contributed by atoms with Crippen LogP contribution in [-0.4, -0.2) is 18.5 Å². The van der Waals surface area contributed by atoms with E-state index in [9.17, 15) is 4.79 Å². The fourth-order valence-corrected chi connectivity index (χ4v) is 3.11. The third-order valence-corrected chi connectivity index (χ3v) is 4.56. The molecule has 0 heterocycles. The summed E-state index contributed by atoms with van der Waals surface area (Å²) in [5.41, 5.74) is 0.481. The summed E-state index contributed by atoms with van der Waals surface area (Å²) >= 11 is 0. The molecule has 98 valence electrons. The zero-order chi connectivity index (χ0) is 12.3. The topological polar surface area (TPSA) is 26.3 Å². The van der Waals surface area contributed by atoms with Crippen LogP contribution in [0, 0.1) is 11.3 Å². The maximum absolute atomic E-state index is 11.9. The van der Waals surface area contributed by atoms with E-state index in [1.54, 1.807) is 0 Å². The van der Waals surface area contributed by atoms with Gasteiger partial charge in [-0.25, -0.2) is 0 Å². The maximum Gasteiger partial charge on any atom is 0.161 e. The summed E-state index contributed by atoms with van der Waals surface area (Å²) in [6.07, 6.45) is 9.72. The lowest BCUT2D eigenvalue weighted by Gasteiger charge is -2.34. The van der Waals surface area contributed by atoms with Crippen LogP contribution in [0.4, 0.5) is 0 Å². The van der Waals surface area contributed by atoms with Gasteiger partial charge in [0.05, 0.1) is 6.10 Å². The van der Waals surface area contributed by atoms with Gasteiger partial charge in [-0.05, 0) is 43.9 Å². The fourth-order valence-electron chi connectivity index (χ4n) is 3.11. The Hall–Kier alpha value is -0.370. The van der Waals surface area contributed by atoms with E-state index in [2.05, 4.69) is 13.8 Å². The van der Waals surface area contributed by atoms with Crippen LogP contribution in [-0.2, 0) is 9.53 Å². The van der Waals surface area contributed by atoms with Crippen molar-refractivity contribution in [3.05, 3.63) is 0 Å². The number of Topliss-reactive ketones (excluding diaryl/α,β-unsaturated/α-hetero) is 1. The number of rotatable bonds is 4. The van der Waals surface area contributed by atoms with Crippen LogP contribution in [0.2, 0.25) is 0 Å². The molecule has 2 rings (SSSR count). The smallest absolute Gasteiger partial charge is 0.161 e. The molecule has 0 spiro atoms. The van der Waals surface area contributed by atoms with Gasteiger partial charge in [0.1, 0.15) is 6.61 Å². The third-order valence-electron chi connectivity index (χ3n) is 4.56. The standard InChI is InChI=1S/C15H26O2/c1-15(2)9-7-13(8-10-15)17-11-14(16)12-5-3-4-6-12/h12-13H,3-11H2,1-2H3. The summed E-state index contributed by atoms with van der Waals surface area (Å²) in [6, 6.07) is 0. The largest absolute Gasteiger partial charge is 0.370 e. The summed E-state index contributed by atoms with van der Waals surface area (Å²) in [5, 5.41) is 0. The van der Waals surface area contributed by atoms with E-state index in [-0.39, 0.29) is 0 Å². The molecule has 2 fully saturated rings. The van der Waals surface area contributed by atoms with Gasteiger partial charge in [0, 0.05) is 5.92 Å². The lowest BCUT2D eigenvalue weighted by Crippen LogP contribution is -2.29. The van der Waals surface area contributed by atoms with Crippen molar-refractivity contribution in [2.24, 2.45) is 11.3 Å². The fraction of sp³-hybridized carbons (Fsp3) is 0.933. The van der Waals surface area contributed by atoms with Crippen LogP contribution in [0.1, 0.15) is 65.2 Å². The summed E-state index contributed by atoms with van der Waals surface area (Å²) < 4.78 is 5.80. The molecule has 2 heteroatoms. The highest BCUT2D eigenvalue weighted by Crippen LogP contribution is 2.36. The zero-order valence-electron chi connectivity index (χ0n) is 11.3. The minimum absolute atomic E-state index is 0.315.